The van der Waals surface area contributed by atoms with Crippen LogP contribution in [0.1, 0.15) is 17.5 Å². The maximum absolute atomic E-state index is 12.6. The number of carbonyl (C=O) groups is 3. The zero-order valence-electron chi connectivity index (χ0n) is 17.4. The van der Waals surface area contributed by atoms with Crippen LogP contribution in [0.5, 0.6) is 11.8 Å². The smallest absolute Gasteiger partial charge is 0.408 e. The van der Waals surface area contributed by atoms with Gasteiger partial charge in [0.05, 0.1) is 6.42 Å². The summed E-state index contributed by atoms with van der Waals surface area (Å²) in [6.07, 6.45) is -1.55. The van der Waals surface area contributed by atoms with E-state index in [2.05, 4.69) is 5.32 Å². The zero-order valence-corrected chi connectivity index (χ0v) is 17.4. The lowest BCUT2D eigenvalue weighted by Gasteiger charge is -2.17. The van der Waals surface area contributed by atoms with Gasteiger partial charge in [-0.05, 0) is 11.1 Å². The Morgan fingerprint density at radius 2 is 1.30 bits per heavy atom. The number of carbonyl (C=O) groups excluding carboxylic acids is 3. The largest absolute Gasteiger partial charge is 0.492 e. The number of hydrogen-bond acceptors (Lipinski definition) is 8. The van der Waals surface area contributed by atoms with Gasteiger partial charge >= 0.3 is 18.0 Å². The number of rotatable bonds is 9. The molecule has 10 nitrogen and oxygen atoms in total. The monoisotopic (exact) mass is 454 g/mol. The molecule has 3 rings (SSSR count). The summed E-state index contributed by atoms with van der Waals surface area (Å²) in [4.78, 5) is 42.0. The number of nitrogens with zero attached hydrogens (tertiary/aromatic N) is 1. The van der Waals surface area contributed by atoms with Crippen LogP contribution in [0.15, 0.2) is 72.8 Å². The Kier molecular flexibility index (Phi) is 7.90. The van der Waals surface area contributed by atoms with Gasteiger partial charge in [0.2, 0.25) is 11.8 Å². The molecular weight excluding hydrogens is 432 g/mol. The van der Waals surface area contributed by atoms with E-state index in [4.69, 9.17) is 14.3 Å². The first-order chi connectivity index (χ1) is 15.9. The second-order valence-corrected chi connectivity index (χ2v) is 6.86. The Balaban J connectivity index is 1.63. The van der Waals surface area contributed by atoms with Gasteiger partial charge in [-0.25, -0.2) is 9.59 Å². The lowest BCUT2D eigenvalue weighted by atomic mass is 10.2. The summed E-state index contributed by atoms with van der Waals surface area (Å²) in [5.41, 5.74) is 1.46. The molecule has 0 bridgehead atoms. The third kappa shape index (κ3) is 7.03. The number of ether oxygens (including phenoxy) is 2. The van der Waals surface area contributed by atoms with E-state index in [-0.39, 0.29) is 13.2 Å². The van der Waals surface area contributed by atoms with E-state index in [0.717, 1.165) is 23.3 Å². The summed E-state index contributed by atoms with van der Waals surface area (Å²) < 4.78 is 10.7. The van der Waals surface area contributed by atoms with Crippen LogP contribution in [0.2, 0.25) is 0 Å². The quantitative estimate of drug-likeness (QED) is 0.419. The Morgan fingerprint density at radius 1 is 0.788 bits per heavy atom. The molecular formula is C23H22N2O8. The molecule has 2 aromatic carbocycles. The van der Waals surface area contributed by atoms with Crippen molar-refractivity contribution in [2.24, 2.45) is 0 Å². The number of alkyl carbamates (subject to hydrolysis) is 1. The number of esters is 1. The van der Waals surface area contributed by atoms with Crippen LogP contribution in [-0.2, 0) is 32.3 Å². The predicted octanol–water partition coefficient (Wildman–Crippen LogP) is 2.28. The van der Waals surface area contributed by atoms with Gasteiger partial charge in [0.1, 0.15) is 19.3 Å². The van der Waals surface area contributed by atoms with Crippen molar-refractivity contribution in [3.63, 3.8) is 0 Å². The minimum absolute atomic E-state index is 0.0287. The van der Waals surface area contributed by atoms with Crippen LogP contribution >= 0.6 is 0 Å². The van der Waals surface area contributed by atoms with E-state index >= 15 is 0 Å². The minimum Gasteiger partial charge on any atom is -0.492 e. The van der Waals surface area contributed by atoms with Gasteiger partial charge in [-0.2, -0.15) is 0 Å². The number of aromatic nitrogens is 1. The summed E-state index contributed by atoms with van der Waals surface area (Å²) in [6.45, 7) is -0.0921. The summed E-state index contributed by atoms with van der Waals surface area (Å²) in [7, 11) is 0. The first-order valence-electron chi connectivity index (χ1n) is 9.91. The first kappa shape index (κ1) is 23.2. The second kappa shape index (κ2) is 11.2. The number of aromatic hydroxyl groups is 2. The lowest BCUT2D eigenvalue weighted by Crippen LogP contribution is -2.46. The summed E-state index contributed by atoms with van der Waals surface area (Å²) in [5.74, 6) is -3.04. The molecule has 3 N–H and O–H groups in total. The summed E-state index contributed by atoms with van der Waals surface area (Å²) in [6, 6.07) is 18.4. The van der Waals surface area contributed by atoms with Gasteiger partial charge in [0, 0.05) is 12.1 Å². The van der Waals surface area contributed by atoms with Gasteiger partial charge in [-0.1, -0.05) is 60.7 Å². The van der Waals surface area contributed by atoms with E-state index in [1.54, 1.807) is 48.5 Å². The van der Waals surface area contributed by atoms with Crippen LogP contribution in [0.3, 0.4) is 0 Å². The molecule has 0 unspecified atom stereocenters. The van der Waals surface area contributed by atoms with Gasteiger partial charge < -0.3 is 29.8 Å². The molecule has 0 fully saturated rings. The standard InChI is InChI=1S/C23H22N2O8/c26-19-11-12-20(27)25(19)33-22(29)18(13-21(28)31-14-16-7-3-1-4-8-16)24-23(30)32-15-17-9-5-2-6-10-17/h1-12,18,26-27H,13-15H2,(H,24,30)/t18-/m0/s1. The normalized spacial score (nSPS) is 11.3. The molecule has 0 aliphatic heterocycles. The van der Waals surface area contributed by atoms with Crippen molar-refractivity contribution in [2.45, 2.75) is 25.7 Å². The molecule has 0 saturated carbocycles. The molecule has 0 spiro atoms. The predicted molar refractivity (Wildman–Crippen MR) is 114 cm³/mol. The van der Waals surface area contributed by atoms with Crippen molar-refractivity contribution < 1.29 is 38.9 Å². The minimum atomic E-state index is -1.52. The molecule has 1 amide bonds. The Morgan fingerprint density at radius 3 is 1.85 bits per heavy atom. The highest BCUT2D eigenvalue weighted by molar-refractivity contribution is 5.86. The Labute approximate surface area is 188 Å². The molecule has 1 atom stereocenters. The molecule has 3 aromatic rings. The molecule has 0 aliphatic carbocycles. The van der Waals surface area contributed by atoms with Gasteiger partial charge in [-0.3, -0.25) is 4.79 Å². The highest BCUT2D eigenvalue weighted by Gasteiger charge is 2.29. The third-order valence-electron chi connectivity index (χ3n) is 4.38. The highest BCUT2D eigenvalue weighted by Crippen LogP contribution is 2.19. The SMILES string of the molecule is O=C(C[C@H](NC(=O)OCc1ccccc1)C(=O)On1c(O)ccc1O)OCc1ccccc1. The van der Waals surface area contributed by atoms with Crippen molar-refractivity contribution in [3.05, 3.63) is 83.9 Å². The topological polar surface area (TPSA) is 136 Å². The van der Waals surface area contributed by atoms with Crippen LogP contribution < -0.4 is 10.2 Å². The number of hydrogen-bond donors (Lipinski definition) is 3. The van der Waals surface area contributed by atoms with Gasteiger partial charge in [-0.15, -0.1) is 4.73 Å². The van der Waals surface area contributed by atoms with E-state index in [9.17, 15) is 24.6 Å². The van der Waals surface area contributed by atoms with Crippen LogP contribution in [0.4, 0.5) is 4.79 Å². The average molecular weight is 454 g/mol. The highest BCUT2D eigenvalue weighted by atomic mass is 16.7. The van der Waals surface area contributed by atoms with Crippen molar-refractivity contribution in [2.75, 3.05) is 0 Å². The van der Waals surface area contributed by atoms with Gasteiger partial charge in [0.25, 0.3) is 0 Å². The van der Waals surface area contributed by atoms with Crippen molar-refractivity contribution in [1.29, 1.82) is 0 Å². The van der Waals surface area contributed by atoms with E-state index < -0.39 is 42.3 Å². The lowest BCUT2D eigenvalue weighted by molar-refractivity contribution is -0.154. The Bertz CT molecular complexity index is 1010. The summed E-state index contributed by atoms with van der Waals surface area (Å²) in [5, 5.41) is 21.6. The van der Waals surface area contributed by atoms with Crippen molar-refractivity contribution in [3.8, 4) is 11.8 Å². The maximum atomic E-state index is 12.6. The number of benzene rings is 2. The maximum Gasteiger partial charge on any atom is 0.408 e. The van der Waals surface area contributed by atoms with Gasteiger partial charge in [0.15, 0.2) is 0 Å². The average Bonchev–Trinajstić information content (AvgIpc) is 3.14. The molecule has 0 saturated heterocycles. The molecule has 33 heavy (non-hydrogen) atoms. The molecule has 10 heteroatoms. The molecule has 0 aliphatic rings. The Hall–Kier alpha value is -4.47. The number of nitrogens with one attached hydrogen (secondary N) is 1. The van der Waals surface area contributed by atoms with Crippen LogP contribution in [-0.4, -0.2) is 39.0 Å². The summed E-state index contributed by atoms with van der Waals surface area (Å²) >= 11 is 0. The molecule has 1 heterocycles. The first-order valence-corrected chi connectivity index (χ1v) is 9.91. The molecule has 0 radical (unpaired) electrons. The van der Waals surface area contributed by atoms with E-state index in [0.29, 0.717) is 4.73 Å². The second-order valence-electron chi connectivity index (χ2n) is 6.86. The van der Waals surface area contributed by atoms with Crippen molar-refractivity contribution >= 4 is 18.0 Å². The molecule has 172 valence electrons. The van der Waals surface area contributed by atoms with E-state index in [1.165, 1.54) is 0 Å². The van der Waals surface area contributed by atoms with Crippen molar-refractivity contribution in [1.82, 2.24) is 10.0 Å². The number of amides is 1. The zero-order chi connectivity index (χ0) is 23.6. The van der Waals surface area contributed by atoms with E-state index in [1.807, 2.05) is 12.1 Å². The van der Waals surface area contributed by atoms with Crippen LogP contribution in [0, 0.1) is 0 Å². The fraction of sp³-hybridized carbons (Fsp3) is 0.174. The molecule has 1 aromatic heterocycles. The fourth-order valence-corrected chi connectivity index (χ4v) is 2.71. The van der Waals surface area contributed by atoms with Crippen LogP contribution in [0.25, 0.3) is 0 Å². The fourth-order valence-electron chi connectivity index (χ4n) is 2.71. The third-order valence-corrected chi connectivity index (χ3v) is 4.38.